The van der Waals surface area contributed by atoms with Gasteiger partial charge in [-0.3, -0.25) is 0 Å². The Balaban J connectivity index is 2.79. The van der Waals surface area contributed by atoms with Gasteiger partial charge < -0.3 is 10.6 Å². The molecule has 0 aliphatic heterocycles. The van der Waals surface area contributed by atoms with Crippen LogP contribution in [0, 0.1) is 5.82 Å². The molecule has 1 aromatic rings. The number of hydrogen-bond acceptors (Lipinski definition) is 1. The lowest BCUT2D eigenvalue weighted by Crippen LogP contribution is -2.24. The highest BCUT2D eigenvalue weighted by Gasteiger charge is 2.01. The number of rotatable bonds is 1. The van der Waals surface area contributed by atoms with Crippen LogP contribution in [-0.4, -0.2) is 12.2 Å². The Labute approximate surface area is 86.1 Å². The lowest BCUT2D eigenvalue weighted by atomic mass is 10.3. The van der Waals surface area contributed by atoms with Crippen molar-refractivity contribution in [1.29, 1.82) is 0 Å². The van der Waals surface area contributed by atoms with Crippen LogP contribution in [0.3, 0.4) is 0 Å². The van der Waals surface area contributed by atoms with Gasteiger partial charge in [0.1, 0.15) is 5.82 Å². The zero-order valence-electron chi connectivity index (χ0n) is 6.90. The van der Waals surface area contributed by atoms with Gasteiger partial charge in [0, 0.05) is 12.7 Å². The van der Waals surface area contributed by atoms with Crippen molar-refractivity contribution in [3.05, 3.63) is 29.0 Å². The molecule has 5 heteroatoms. The fourth-order valence-corrected chi connectivity index (χ4v) is 1.00. The third-order valence-corrected chi connectivity index (χ3v) is 2.02. The number of nitrogens with one attached hydrogen (secondary N) is 2. The molecular weight excluding hydrogens is 211 g/mol. The van der Waals surface area contributed by atoms with Crippen LogP contribution in [0.5, 0.6) is 0 Å². The summed E-state index contributed by atoms with van der Waals surface area (Å²) in [5.41, 5.74) is 0.571. The zero-order valence-corrected chi connectivity index (χ0v) is 8.47. The van der Waals surface area contributed by atoms with E-state index >= 15 is 0 Å². The molecule has 1 rings (SSSR count). The molecule has 0 saturated carbocycles. The molecule has 0 heterocycles. The van der Waals surface area contributed by atoms with Crippen molar-refractivity contribution in [2.45, 2.75) is 0 Å². The molecule has 70 valence electrons. The Kier molecular flexibility index (Phi) is 3.45. The van der Waals surface area contributed by atoms with Crippen LogP contribution < -0.4 is 10.6 Å². The minimum Gasteiger partial charge on any atom is -0.366 e. The van der Waals surface area contributed by atoms with Crippen molar-refractivity contribution in [1.82, 2.24) is 5.32 Å². The van der Waals surface area contributed by atoms with Gasteiger partial charge in [0.2, 0.25) is 0 Å². The van der Waals surface area contributed by atoms with E-state index in [0.29, 0.717) is 10.8 Å². The molecule has 0 fully saturated rings. The first-order chi connectivity index (χ1) is 6.13. The summed E-state index contributed by atoms with van der Waals surface area (Å²) in [6.07, 6.45) is 0. The normalized spacial score (nSPS) is 9.46. The first-order valence-corrected chi connectivity index (χ1v) is 4.36. The van der Waals surface area contributed by atoms with Crippen LogP contribution in [0.25, 0.3) is 0 Å². The topological polar surface area (TPSA) is 24.1 Å². The highest BCUT2D eigenvalue weighted by Crippen LogP contribution is 2.18. The SMILES string of the molecule is CNC(=S)Nc1ccc(Cl)c(F)c1. The van der Waals surface area contributed by atoms with E-state index in [1.165, 1.54) is 12.1 Å². The number of hydrogen-bond donors (Lipinski definition) is 2. The molecule has 0 radical (unpaired) electrons. The van der Waals surface area contributed by atoms with Gasteiger partial charge in [-0.1, -0.05) is 11.6 Å². The molecule has 1 aromatic carbocycles. The van der Waals surface area contributed by atoms with Crippen molar-refractivity contribution in [3.63, 3.8) is 0 Å². The maximum absolute atomic E-state index is 12.9. The fourth-order valence-electron chi connectivity index (χ4n) is 0.767. The molecule has 0 unspecified atom stereocenters. The average molecular weight is 219 g/mol. The van der Waals surface area contributed by atoms with Gasteiger partial charge in [-0.25, -0.2) is 4.39 Å². The molecule has 0 spiro atoms. The number of anilines is 1. The molecule has 0 bridgehead atoms. The van der Waals surface area contributed by atoms with Crippen molar-refractivity contribution >= 4 is 34.6 Å². The summed E-state index contributed by atoms with van der Waals surface area (Å²) >= 11 is 10.3. The van der Waals surface area contributed by atoms with Crippen LogP contribution in [0.4, 0.5) is 10.1 Å². The molecule has 2 N–H and O–H groups in total. The molecule has 0 aliphatic carbocycles. The Morgan fingerprint density at radius 3 is 2.77 bits per heavy atom. The van der Waals surface area contributed by atoms with E-state index in [1.807, 2.05) is 0 Å². The predicted octanol–water partition coefficient (Wildman–Crippen LogP) is 2.40. The van der Waals surface area contributed by atoms with E-state index in [0.717, 1.165) is 0 Å². The molecule has 0 atom stereocenters. The molecular formula is C8H8ClFN2S. The van der Waals surface area contributed by atoms with E-state index in [4.69, 9.17) is 23.8 Å². The Bertz CT molecular complexity index is 330. The van der Waals surface area contributed by atoms with E-state index in [-0.39, 0.29) is 5.02 Å². The first-order valence-electron chi connectivity index (χ1n) is 3.57. The second-order valence-corrected chi connectivity index (χ2v) is 3.15. The minimum absolute atomic E-state index is 0.0981. The van der Waals surface area contributed by atoms with Crippen molar-refractivity contribution in [3.8, 4) is 0 Å². The highest BCUT2D eigenvalue weighted by molar-refractivity contribution is 7.80. The maximum Gasteiger partial charge on any atom is 0.170 e. The van der Waals surface area contributed by atoms with E-state index < -0.39 is 5.82 Å². The largest absolute Gasteiger partial charge is 0.366 e. The van der Waals surface area contributed by atoms with Crippen LogP contribution >= 0.6 is 23.8 Å². The molecule has 0 amide bonds. The van der Waals surface area contributed by atoms with Crippen LogP contribution in [0.1, 0.15) is 0 Å². The first kappa shape index (κ1) is 10.2. The summed E-state index contributed by atoms with van der Waals surface area (Å²) in [4.78, 5) is 0. The average Bonchev–Trinajstić information content (AvgIpc) is 2.11. The van der Waals surface area contributed by atoms with E-state index in [1.54, 1.807) is 13.1 Å². The summed E-state index contributed by atoms with van der Waals surface area (Å²) in [7, 11) is 1.68. The van der Waals surface area contributed by atoms with E-state index in [9.17, 15) is 4.39 Å². The van der Waals surface area contributed by atoms with Crippen molar-refractivity contribution in [2.24, 2.45) is 0 Å². The molecule has 2 nitrogen and oxygen atoms in total. The van der Waals surface area contributed by atoms with E-state index in [2.05, 4.69) is 10.6 Å². The lowest BCUT2D eigenvalue weighted by Gasteiger charge is -2.06. The van der Waals surface area contributed by atoms with Gasteiger partial charge in [0.05, 0.1) is 5.02 Å². The van der Waals surface area contributed by atoms with Crippen LogP contribution in [0.2, 0.25) is 5.02 Å². The Morgan fingerprint density at radius 2 is 2.23 bits per heavy atom. The Morgan fingerprint density at radius 1 is 1.54 bits per heavy atom. The zero-order chi connectivity index (χ0) is 9.84. The van der Waals surface area contributed by atoms with Gasteiger partial charge in [0.15, 0.2) is 5.11 Å². The summed E-state index contributed by atoms with van der Waals surface area (Å²) < 4.78 is 12.9. The maximum atomic E-state index is 12.9. The number of benzene rings is 1. The second-order valence-electron chi connectivity index (χ2n) is 2.33. The second kappa shape index (κ2) is 4.39. The third kappa shape index (κ3) is 2.82. The van der Waals surface area contributed by atoms with Gasteiger partial charge in [-0.05, 0) is 30.4 Å². The summed E-state index contributed by atoms with van der Waals surface area (Å²) in [5, 5.41) is 6.02. The van der Waals surface area contributed by atoms with Crippen LogP contribution in [0.15, 0.2) is 18.2 Å². The summed E-state index contributed by atoms with van der Waals surface area (Å²) in [6.45, 7) is 0. The van der Waals surface area contributed by atoms with Crippen molar-refractivity contribution < 1.29 is 4.39 Å². The number of halogens is 2. The van der Waals surface area contributed by atoms with Crippen molar-refractivity contribution in [2.75, 3.05) is 12.4 Å². The minimum atomic E-state index is -0.467. The van der Waals surface area contributed by atoms with Gasteiger partial charge in [-0.2, -0.15) is 0 Å². The smallest absolute Gasteiger partial charge is 0.170 e. The summed E-state index contributed by atoms with van der Waals surface area (Å²) in [6, 6.07) is 4.40. The third-order valence-electron chi connectivity index (χ3n) is 1.40. The Hall–Kier alpha value is -0.870. The lowest BCUT2D eigenvalue weighted by molar-refractivity contribution is 0.629. The number of thiocarbonyl (C=S) groups is 1. The standard InChI is InChI=1S/C8H8ClFN2S/c1-11-8(13)12-5-2-3-6(9)7(10)4-5/h2-4H,1H3,(H2,11,12,13). The quantitative estimate of drug-likeness (QED) is 0.708. The molecule has 0 aromatic heterocycles. The van der Waals surface area contributed by atoms with Gasteiger partial charge in [-0.15, -0.1) is 0 Å². The molecule has 0 saturated heterocycles. The predicted molar refractivity (Wildman–Crippen MR) is 56.7 cm³/mol. The fraction of sp³-hybridized carbons (Fsp3) is 0.125. The van der Waals surface area contributed by atoms with Gasteiger partial charge in [0.25, 0.3) is 0 Å². The molecule has 13 heavy (non-hydrogen) atoms. The highest BCUT2D eigenvalue weighted by atomic mass is 35.5. The molecule has 0 aliphatic rings. The van der Waals surface area contributed by atoms with Crippen LogP contribution in [-0.2, 0) is 0 Å². The summed E-state index contributed by atoms with van der Waals surface area (Å²) in [5.74, 6) is -0.467. The van der Waals surface area contributed by atoms with Gasteiger partial charge >= 0.3 is 0 Å². The monoisotopic (exact) mass is 218 g/mol.